The third-order valence-corrected chi connectivity index (χ3v) is 3.68. The number of allylic oxidation sites excluding steroid dienone is 2. The van der Waals surface area contributed by atoms with E-state index in [2.05, 4.69) is 37.5 Å². The first-order chi connectivity index (χ1) is 12.1. The summed E-state index contributed by atoms with van der Waals surface area (Å²) in [5.41, 5.74) is 2.32. The number of benzene rings is 1. The fourth-order valence-electron chi connectivity index (χ4n) is 2.37. The Hall–Kier alpha value is -2.36. The van der Waals surface area contributed by atoms with E-state index in [1.165, 1.54) is 5.56 Å². The first-order valence-corrected chi connectivity index (χ1v) is 8.80. The van der Waals surface area contributed by atoms with Gasteiger partial charge in [-0.25, -0.2) is 4.79 Å². The summed E-state index contributed by atoms with van der Waals surface area (Å²) in [4.78, 5) is 21.9. The van der Waals surface area contributed by atoms with E-state index in [1.54, 1.807) is 0 Å². The first-order valence-electron chi connectivity index (χ1n) is 8.80. The number of alkyl carbamates (subject to hydrolysis) is 1. The Morgan fingerprint density at radius 1 is 1.24 bits per heavy atom. The standard InChI is InChI=1S/C19H25NO3.C2H6/c1-4-9-16(14-23-19(22)20-12-8-13-21)18-11-7-6-10-17(18)15(3)5-2;1-2/h4-7,10-11,13,15-16H,1-2,8-9,12,14H2,3H3,(H,20,22);1-2H3. The summed E-state index contributed by atoms with van der Waals surface area (Å²) in [7, 11) is 0. The second-order valence-corrected chi connectivity index (χ2v) is 5.36. The summed E-state index contributed by atoms with van der Waals surface area (Å²) in [5.74, 6) is 0.267. The van der Waals surface area contributed by atoms with E-state index in [-0.39, 0.29) is 24.9 Å². The van der Waals surface area contributed by atoms with Crippen molar-refractivity contribution in [2.24, 2.45) is 0 Å². The highest BCUT2D eigenvalue weighted by Crippen LogP contribution is 2.29. The van der Waals surface area contributed by atoms with E-state index in [0.717, 1.165) is 11.8 Å². The van der Waals surface area contributed by atoms with E-state index < -0.39 is 6.09 Å². The van der Waals surface area contributed by atoms with Gasteiger partial charge in [-0.15, -0.1) is 13.2 Å². The van der Waals surface area contributed by atoms with E-state index in [4.69, 9.17) is 4.74 Å². The molecule has 4 heteroatoms. The van der Waals surface area contributed by atoms with Crippen LogP contribution in [0.4, 0.5) is 4.79 Å². The molecule has 0 saturated heterocycles. The number of hydrogen-bond donors (Lipinski definition) is 1. The number of aldehydes is 1. The van der Waals surface area contributed by atoms with Gasteiger partial charge >= 0.3 is 6.09 Å². The number of amides is 1. The van der Waals surface area contributed by atoms with Crippen molar-refractivity contribution >= 4 is 12.4 Å². The summed E-state index contributed by atoms with van der Waals surface area (Å²) in [6.07, 6.45) is 4.97. The van der Waals surface area contributed by atoms with Gasteiger partial charge in [0.1, 0.15) is 12.9 Å². The molecule has 0 fully saturated rings. The number of ether oxygens (including phenoxy) is 1. The largest absolute Gasteiger partial charge is 0.449 e. The Kier molecular flexibility index (Phi) is 12.7. The second kappa shape index (κ2) is 14.0. The molecule has 1 aromatic rings. The minimum Gasteiger partial charge on any atom is -0.449 e. The molecular formula is C21H31NO3. The van der Waals surface area contributed by atoms with Crippen LogP contribution < -0.4 is 5.32 Å². The van der Waals surface area contributed by atoms with Gasteiger partial charge in [0.05, 0.1) is 0 Å². The first kappa shape index (κ1) is 22.6. The molecule has 0 aliphatic heterocycles. The third-order valence-electron chi connectivity index (χ3n) is 3.68. The van der Waals surface area contributed by atoms with Crippen LogP contribution in [-0.4, -0.2) is 25.5 Å². The number of hydrogen-bond acceptors (Lipinski definition) is 3. The maximum atomic E-state index is 11.6. The Balaban J connectivity index is 0.00000277. The molecule has 0 aromatic heterocycles. The SMILES string of the molecule is C=CCC(COC(=O)NCCC=O)c1ccccc1C(C)C=C.CC. The van der Waals surface area contributed by atoms with E-state index in [0.29, 0.717) is 13.0 Å². The van der Waals surface area contributed by atoms with Crippen LogP contribution >= 0.6 is 0 Å². The highest BCUT2D eigenvalue weighted by atomic mass is 16.5. The lowest BCUT2D eigenvalue weighted by Gasteiger charge is -2.21. The number of carbonyl (C=O) groups excluding carboxylic acids is 2. The molecule has 0 spiro atoms. The van der Waals surface area contributed by atoms with Gasteiger partial charge in [-0.3, -0.25) is 0 Å². The molecule has 0 bridgehead atoms. The van der Waals surface area contributed by atoms with Crippen molar-refractivity contribution in [2.45, 2.75) is 45.4 Å². The highest BCUT2D eigenvalue weighted by Gasteiger charge is 2.18. The van der Waals surface area contributed by atoms with Gasteiger partial charge < -0.3 is 14.8 Å². The van der Waals surface area contributed by atoms with Gasteiger partial charge in [0.25, 0.3) is 0 Å². The monoisotopic (exact) mass is 345 g/mol. The predicted octanol–water partition coefficient (Wildman–Crippen LogP) is 4.98. The van der Waals surface area contributed by atoms with Gasteiger partial charge in [-0.2, -0.15) is 0 Å². The van der Waals surface area contributed by atoms with E-state index in [1.807, 2.05) is 38.1 Å². The Morgan fingerprint density at radius 3 is 2.44 bits per heavy atom. The molecule has 138 valence electrons. The van der Waals surface area contributed by atoms with Crippen molar-refractivity contribution in [3.05, 3.63) is 60.7 Å². The van der Waals surface area contributed by atoms with Crippen LogP contribution in [0.2, 0.25) is 0 Å². The normalized spacial score (nSPS) is 12.0. The molecule has 0 heterocycles. The maximum Gasteiger partial charge on any atom is 0.407 e. The topological polar surface area (TPSA) is 55.4 Å². The summed E-state index contributed by atoms with van der Waals surface area (Å²) in [6.45, 7) is 14.3. The van der Waals surface area contributed by atoms with Gasteiger partial charge in [0.2, 0.25) is 0 Å². The molecular weight excluding hydrogens is 314 g/mol. The van der Waals surface area contributed by atoms with Gasteiger partial charge in [-0.1, -0.05) is 57.2 Å². The van der Waals surface area contributed by atoms with Gasteiger partial charge in [0.15, 0.2) is 0 Å². The molecule has 2 unspecified atom stereocenters. The summed E-state index contributed by atoms with van der Waals surface area (Å²) >= 11 is 0. The average molecular weight is 345 g/mol. The van der Waals surface area contributed by atoms with Crippen molar-refractivity contribution in [2.75, 3.05) is 13.2 Å². The molecule has 1 rings (SSSR count). The number of rotatable bonds is 10. The minimum atomic E-state index is -0.504. The van der Waals surface area contributed by atoms with Crippen molar-refractivity contribution in [1.29, 1.82) is 0 Å². The van der Waals surface area contributed by atoms with Crippen molar-refractivity contribution in [3.63, 3.8) is 0 Å². The van der Waals surface area contributed by atoms with E-state index in [9.17, 15) is 9.59 Å². The van der Waals surface area contributed by atoms with Gasteiger partial charge in [0, 0.05) is 18.9 Å². The van der Waals surface area contributed by atoms with Crippen LogP contribution in [-0.2, 0) is 9.53 Å². The predicted molar refractivity (Wildman–Crippen MR) is 104 cm³/mol. The van der Waals surface area contributed by atoms with Crippen LogP contribution in [0.3, 0.4) is 0 Å². The second-order valence-electron chi connectivity index (χ2n) is 5.36. The zero-order chi connectivity index (χ0) is 19.1. The lowest BCUT2D eigenvalue weighted by atomic mass is 9.87. The third kappa shape index (κ3) is 8.34. The molecule has 0 saturated carbocycles. The van der Waals surface area contributed by atoms with Crippen LogP contribution in [0, 0.1) is 0 Å². The Morgan fingerprint density at radius 2 is 1.88 bits per heavy atom. The highest BCUT2D eigenvalue weighted by molar-refractivity contribution is 5.67. The smallest absolute Gasteiger partial charge is 0.407 e. The molecule has 0 aliphatic rings. The van der Waals surface area contributed by atoms with E-state index >= 15 is 0 Å². The van der Waals surface area contributed by atoms with Gasteiger partial charge in [-0.05, 0) is 23.5 Å². The molecule has 1 amide bonds. The molecule has 0 radical (unpaired) electrons. The fourth-order valence-corrected chi connectivity index (χ4v) is 2.37. The number of nitrogens with one attached hydrogen (secondary N) is 1. The fraction of sp³-hybridized carbons (Fsp3) is 0.429. The van der Waals surface area contributed by atoms with Crippen molar-refractivity contribution in [3.8, 4) is 0 Å². The molecule has 1 aromatic carbocycles. The summed E-state index contributed by atoms with van der Waals surface area (Å²) in [5, 5.41) is 2.55. The quantitative estimate of drug-likeness (QED) is 0.370. The lowest BCUT2D eigenvalue weighted by molar-refractivity contribution is -0.107. The Labute approximate surface area is 152 Å². The Bertz CT molecular complexity index is 540. The summed E-state index contributed by atoms with van der Waals surface area (Å²) in [6, 6.07) is 8.10. The molecule has 1 N–H and O–H groups in total. The van der Waals surface area contributed by atoms with Crippen LogP contribution in [0.15, 0.2) is 49.6 Å². The van der Waals surface area contributed by atoms with Crippen molar-refractivity contribution < 1.29 is 14.3 Å². The lowest BCUT2D eigenvalue weighted by Crippen LogP contribution is -2.27. The van der Waals surface area contributed by atoms with Crippen LogP contribution in [0.25, 0.3) is 0 Å². The summed E-state index contributed by atoms with van der Waals surface area (Å²) < 4.78 is 5.29. The molecule has 2 atom stereocenters. The zero-order valence-corrected chi connectivity index (χ0v) is 15.7. The zero-order valence-electron chi connectivity index (χ0n) is 15.7. The average Bonchev–Trinajstić information content (AvgIpc) is 2.66. The molecule has 0 aliphatic carbocycles. The number of carbonyl (C=O) groups is 2. The maximum absolute atomic E-state index is 11.6. The van der Waals surface area contributed by atoms with Crippen molar-refractivity contribution in [1.82, 2.24) is 5.32 Å². The van der Waals surface area contributed by atoms with Crippen LogP contribution in [0.5, 0.6) is 0 Å². The minimum absolute atomic E-state index is 0.0444. The molecule has 4 nitrogen and oxygen atoms in total. The molecule has 25 heavy (non-hydrogen) atoms. The van der Waals surface area contributed by atoms with Crippen LogP contribution in [0.1, 0.15) is 56.6 Å².